The van der Waals surface area contributed by atoms with Crippen molar-refractivity contribution in [2.45, 2.75) is 321 Å². The van der Waals surface area contributed by atoms with Crippen molar-refractivity contribution in [3.05, 3.63) is 24.3 Å². The van der Waals surface area contributed by atoms with E-state index < -0.39 is 12.1 Å². The van der Waals surface area contributed by atoms with Crippen LogP contribution in [0.1, 0.15) is 309 Å². The first kappa shape index (κ1) is 62.3. The normalized spacial score (nSPS) is 12.8. The molecule has 0 bridgehead atoms. The largest absolute Gasteiger partial charge is 0.466 e. The highest BCUT2D eigenvalue weighted by molar-refractivity contribution is 5.76. The first-order chi connectivity index (χ1) is 31.5. The Kier molecular flexibility index (Phi) is 52.6. The van der Waals surface area contributed by atoms with Gasteiger partial charge in [0.25, 0.3) is 0 Å². The highest BCUT2D eigenvalue weighted by atomic mass is 16.5. The smallest absolute Gasteiger partial charge is 0.305 e. The topological polar surface area (TPSA) is 95.9 Å². The predicted molar refractivity (Wildman–Crippen MR) is 278 cm³/mol. The van der Waals surface area contributed by atoms with Crippen LogP contribution in [0.4, 0.5) is 0 Å². The van der Waals surface area contributed by atoms with E-state index in [1.54, 1.807) is 6.08 Å². The molecule has 2 atom stereocenters. The third-order valence-electron chi connectivity index (χ3n) is 13.2. The van der Waals surface area contributed by atoms with E-state index in [4.69, 9.17) is 4.74 Å². The van der Waals surface area contributed by atoms with E-state index in [0.717, 1.165) is 57.8 Å². The zero-order valence-corrected chi connectivity index (χ0v) is 43.0. The van der Waals surface area contributed by atoms with Crippen molar-refractivity contribution >= 4 is 11.9 Å². The molecule has 378 valence electrons. The van der Waals surface area contributed by atoms with Gasteiger partial charge in [0.2, 0.25) is 5.91 Å². The number of aliphatic hydroxyl groups excluding tert-OH is 2. The predicted octanol–water partition coefficient (Wildman–Crippen LogP) is 17.5. The van der Waals surface area contributed by atoms with Crippen LogP contribution in [0.2, 0.25) is 0 Å². The molecule has 0 rings (SSSR count). The minimum absolute atomic E-state index is 0.0276. The van der Waals surface area contributed by atoms with Gasteiger partial charge in [0.15, 0.2) is 0 Å². The van der Waals surface area contributed by atoms with Gasteiger partial charge in [-0.3, -0.25) is 9.59 Å². The standard InChI is InChI=1S/C58H111NO5/c1-3-5-7-9-11-13-15-17-19-21-22-23-24-25-26-28-30-34-38-42-46-50-56(61)55(54-60)59-57(62)51-47-43-39-35-32-33-37-41-45-49-53-64-58(63)52-48-44-40-36-31-29-27-20-18-16-14-12-10-8-6-4-2/h20,27,46,50,55-56,60-61H,3-19,21-26,28-45,47-49,51-54H2,1-2H3,(H,59,62)/b27-20-,50-46+. The van der Waals surface area contributed by atoms with Crippen molar-refractivity contribution in [1.29, 1.82) is 0 Å². The summed E-state index contributed by atoms with van der Waals surface area (Å²) >= 11 is 0. The van der Waals surface area contributed by atoms with Crippen LogP contribution < -0.4 is 5.32 Å². The summed E-state index contributed by atoms with van der Waals surface area (Å²) in [7, 11) is 0. The fraction of sp³-hybridized carbons (Fsp3) is 0.897. The van der Waals surface area contributed by atoms with E-state index in [1.807, 2.05) is 6.08 Å². The number of hydrogen-bond acceptors (Lipinski definition) is 5. The molecule has 1 amide bonds. The average Bonchev–Trinajstić information content (AvgIpc) is 3.29. The van der Waals surface area contributed by atoms with E-state index in [-0.39, 0.29) is 18.5 Å². The molecule has 0 saturated carbocycles. The van der Waals surface area contributed by atoms with Crippen molar-refractivity contribution in [2.24, 2.45) is 0 Å². The summed E-state index contributed by atoms with van der Waals surface area (Å²) in [6.45, 7) is 4.86. The molecule has 0 fully saturated rings. The van der Waals surface area contributed by atoms with Gasteiger partial charge in [-0.1, -0.05) is 263 Å². The molecule has 0 aromatic carbocycles. The Morgan fingerprint density at radius 1 is 0.422 bits per heavy atom. The van der Waals surface area contributed by atoms with Crippen LogP contribution in [0.5, 0.6) is 0 Å². The molecule has 0 aromatic rings. The number of carbonyl (C=O) groups excluding carboxylic acids is 2. The van der Waals surface area contributed by atoms with Crippen molar-refractivity contribution in [1.82, 2.24) is 5.32 Å². The molecule has 0 aliphatic rings. The van der Waals surface area contributed by atoms with Crippen LogP contribution in [0.3, 0.4) is 0 Å². The Labute approximate surface area is 399 Å². The van der Waals surface area contributed by atoms with Gasteiger partial charge in [0.05, 0.1) is 25.4 Å². The summed E-state index contributed by atoms with van der Waals surface area (Å²) in [6.07, 6.45) is 64.8. The molecule has 0 aliphatic heterocycles. The fourth-order valence-corrected chi connectivity index (χ4v) is 8.81. The number of amides is 1. The molecular formula is C58H111NO5. The SMILES string of the molecule is CCCCCCCCC/C=C\CCCCCCCC(=O)OCCCCCCCCCCCCC(=O)NC(CO)C(O)/C=C/CCCCCCCCCCCCCCCCCCCCC. The minimum Gasteiger partial charge on any atom is -0.466 e. The van der Waals surface area contributed by atoms with Gasteiger partial charge >= 0.3 is 5.97 Å². The Hall–Kier alpha value is -1.66. The molecule has 0 aromatic heterocycles. The number of allylic oxidation sites excluding steroid dienone is 3. The lowest BCUT2D eigenvalue weighted by atomic mass is 10.0. The quantitative estimate of drug-likeness (QED) is 0.0321. The zero-order chi connectivity index (χ0) is 46.5. The van der Waals surface area contributed by atoms with E-state index in [9.17, 15) is 19.8 Å². The van der Waals surface area contributed by atoms with Gasteiger partial charge in [0, 0.05) is 12.8 Å². The second-order valence-corrected chi connectivity index (χ2v) is 19.6. The van der Waals surface area contributed by atoms with Gasteiger partial charge < -0.3 is 20.3 Å². The number of unbranched alkanes of at least 4 members (excludes halogenated alkanes) is 40. The number of esters is 1. The van der Waals surface area contributed by atoms with Crippen LogP contribution in [0.25, 0.3) is 0 Å². The third kappa shape index (κ3) is 49.8. The fourth-order valence-electron chi connectivity index (χ4n) is 8.81. The van der Waals surface area contributed by atoms with Gasteiger partial charge in [-0.15, -0.1) is 0 Å². The lowest BCUT2D eigenvalue weighted by molar-refractivity contribution is -0.143. The number of nitrogens with one attached hydrogen (secondary N) is 1. The number of rotatable bonds is 53. The number of ether oxygens (including phenoxy) is 1. The van der Waals surface area contributed by atoms with Crippen molar-refractivity contribution in [3.63, 3.8) is 0 Å². The van der Waals surface area contributed by atoms with E-state index >= 15 is 0 Å². The van der Waals surface area contributed by atoms with Gasteiger partial charge in [0.1, 0.15) is 0 Å². The molecule has 0 spiro atoms. The Balaban J connectivity index is 3.51. The van der Waals surface area contributed by atoms with E-state index in [1.165, 1.54) is 225 Å². The molecule has 2 unspecified atom stereocenters. The second-order valence-electron chi connectivity index (χ2n) is 19.6. The van der Waals surface area contributed by atoms with Gasteiger partial charge in [-0.05, 0) is 57.8 Å². The van der Waals surface area contributed by atoms with E-state index in [0.29, 0.717) is 19.4 Å². The maximum absolute atomic E-state index is 12.5. The van der Waals surface area contributed by atoms with Crippen LogP contribution in [-0.2, 0) is 14.3 Å². The maximum Gasteiger partial charge on any atom is 0.305 e. The van der Waals surface area contributed by atoms with Crippen molar-refractivity contribution in [2.75, 3.05) is 13.2 Å². The summed E-state index contributed by atoms with van der Waals surface area (Å²) in [5.41, 5.74) is 0. The molecule has 64 heavy (non-hydrogen) atoms. The molecule has 3 N–H and O–H groups in total. The molecule has 6 heteroatoms. The molecular weight excluding hydrogens is 791 g/mol. The summed E-state index contributed by atoms with van der Waals surface area (Å²) in [5.74, 6) is -0.116. The Bertz CT molecular complexity index is 997. The van der Waals surface area contributed by atoms with Crippen LogP contribution in [0, 0.1) is 0 Å². The summed E-state index contributed by atoms with van der Waals surface area (Å²) < 4.78 is 5.46. The number of hydrogen-bond donors (Lipinski definition) is 3. The minimum atomic E-state index is -0.860. The molecule has 0 radical (unpaired) electrons. The highest BCUT2D eigenvalue weighted by Crippen LogP contribution is 2.17. The highest BCUT2D eigenvalue weighted by Gasteiger charge is 2.18. The molecule has 6 nitrogen and oxygen atoms in total. The van der Waals surface area contributed by atoms with Crippen molar-refractivity contribution < 1.29 is 24.5 Å². The monoisotopic (exact) mass is 902 g/mol. The van der Waals surface area contributed by atoms with Gasteiger partial charge in [-0.25, -0.2) is 0 Å². The van der Waals surface area contributed by atoms with Crippen LogP contribution >= 0.6 is 0 Å². The summed E-state index contributed by atoms with van der Waals surface area (Å²) in [5, 5.41) is 23.1. The first-order valence-corrected chi connectivity index (χ1v) is 28.6. The Morgan fingerprint density at radius 2 is 0.734 bits per heavy atom. The van der Waals surface area contributed by atoms with E-state index in [2.05, 4.69) is 31.3 Å². The Morgan fingerprint density at radius 3 is 1.11 bits per heavy atom. The maximum atomic E-state index is 12.5. The second kappa shape index (κ2) is 54.0. The third-order valence-corrected chi connectivity index (χ3v) is 13.2. The lowest BCUT2D eigenvalue weighted by Crippen LogP contribution is -2.45. The summed E-state index contributed by atoms with van der Waals surface area (Å²) in [6, 6.07) is -0.646. The average molecular weight is 903 g/mol. The lowest BCUT2D eigenvalue weighted by Gasteiger charge is -2.20. The van der Waals surface area contributed by atoms with Crippen molar-refractivity contribution in [3.8, 4) is 0 Å². The molecule has 0 saturated heterocycles. The van der Waals surface area contributed by atoms with Crippen LogP contribution in [0.15, 0.2) is 24.3 Å². The number of carbonyl (C=O) groups is 2. The van der Waals surface area contributed by atoms with Crippen LogP contribution in [-0.4, -0.2) is 47.4 Å². The first-order valence-electron chi connectivity index (χ1n) is 28.6. The number of aliphatic hydroxyl groups is 2. The zero-order valence-electron chi connectivity index (χ0n) is 43.0. The van der Waals surface area contributed by atoms with Gasteiger partial charge in [-0.2, -0.15) is 0 Å². The molecule has 0 aliphatic carbocycles. The summed E-state index contributed by atoms with van der Waals surface area (Å²) in [4.78, 5) is 24.5. The molecule has 0 heterocycles.